The third-order valence-corrected chi connectivity index (χ3v) is 5.76. The number of piperazine rings is 1. The van der Waals surface area contributed by atoms with Crippen LogP contribution >= 0.6 is 0 Å². The average Bonchev–Trinajstić information content (AvgIpc) is 2.84. The molecule has 0 aliphatic carbocycles. The summed E-state index contributed by atoms with van der Waals surface area (Å²) in [5.74, 6) is 0.727. The van der Waals surface area contributed by atoms with E-state index in [1.54, 1.807) is 29.4 Å². The molecule has 1 atom stereocenters. The van der Waals surface area contributed by atoms with Gasteiger partial charge in [0.2, 0.25) is 5.91 Å². The van der Waals surface area contributed by atoms with Crippen LogP contribution < -0.4 is 16.6 Å². The first-order chi connectivity index (χ1) is 16.1. The van der Waals surface area contributed by atoms with E-state index in [2.05, 4.69) is 30.2 Å². The van der Waals surface area contributed by atoms with Crippen molar-refractivity contribution in [3.05, 3.63) is 76.6 Å². The molecule has 5 rings (SSSR count). The number of pyridine rings is 1. The van der Waals surface area contributed by atoms with Crippen molar-refractivity contribution >= 4 is 22.6 Å². The molecule has 1 amide bonds. The molecule has 0 spiro atoms. The highest BCUT2D eigenvalue weighted by atomic mass is 16.2. The van der Waals surface area contributed by atoms with Crippen LogP contribution in [0.4, 0.5) is 5.82 Å². The summed E-state index contributed by atoms with van der Waals surface area (Å²) in [6, 6.07) is 10.6. The standard InChI is InChI=1S/C23H22N8O2/c24-21-15-5-4-14(9-18(15)28-13-29-21)10-19(31-8-7-25-12-20(31)32)16-11-27-22(30-23(16)33)17-3-1-2-6-26-17/h1-6,9,11,13,19,25H,7-8,10,12H2,(H2,24,28,29)(H,27,30,33). The molecule has 33 heavy (non-hydrogen) atoms. The molecule has 1 aromatic carbocycles. The molecule has 3 aromatic heterocycles. The Morgan fingerprint density at radius 2 is 2.00 bits per heavy atom. The van der Waals surface area contributed by atoms with Crippen molar-refractivity contribution in [2.75, 3.05) is 25.4 Å². The molecule has 1 fully saturated rings. The Balaban J connectivity index is 1.54. The molecule has 1 aliphatic rings. The summed E-state index contributed by atoms with van der Waals surface area (Å²) < 4.78 is 0. The van der Waals surface area contributed by atoms with Gasteiger partial charge in [0.15, 0.2) is 5.82 Å². The number of hydrogen-bond acceptors (Lipinski definition) is 8. The number of nitrogens with zero attached hydrogens (tertiary/aromatic N) is 5. The lowest BCUT2D eigenvalue weighted by molar-refractivity contribution is -0.134. The number of carbonyl (C=O) groups excluding carboxylic acids is 1. The van der Waals surface area contributed by atoms with Crippen molar-refractivity contribution in [3.63, 3.8) is 0 Å². The monoisotopic (exact) mass is 442 g/mol. The van der Waals surface area contributed by atoms with E-state index in [1.807, 2.05) is 24.3 Å². The van der Waals surface area contributed by atoms with Crippen LogP contribution in [0.15, 0.2) is 59.9 Å². The number of carbonyl (C=O) groups is 1. The smallest absolute Gasteiger partial charge is 0.256 e. The van der Waals surface area contributed by atoms with Crippen LogP contribution in [0.2, 0.25) is 0 Å². The summed E-state index contributed by atoms with van der Waals surface area (Å²) in [6.07, 6.45) is 5.04. The first-order valence-electron chi connectivity index (χ1n) is 10.6. The first-order valence-corrected chi connectivity index (χ1v) is 10.6. The van der Waals surface area contributed by atoms with Gasteiger partial charge in [-0.3, -0.25) is 14.6 Å². The van der Waals surface area contributed by atoms with Gasteiger partial charge in [-0.25, -0.2) is 15.0 Å². The van der Waals surface area contributed by atoms with Gasteiger partial charge in [0.1, 0.15) is 17.8 Å². The fourth-order valence-corrected chi connectivity index (χ4v) is 4.09. The van der Waals surface area contributed by atoms with E-state index < -0.39 is 6.04 Å². The van der Waals surface area contributed by atoms with Crippen LogP contribution in [0, 0.1) is 0 Å². The van der Waals surface area contributed by atoms with E-state index in [-0.39, 0.29) is 18.0 Å². The van der Waals surface area contributed by atoms with Crippen LogP contribution in [0.3, 0.4) is 0 Å². The van der Waals surface area contributed by atoms with E-state index >= 15 is 0 Å². The van der Waals surface area contributed by atoms with Gasteiger partial charge < -0.3 is 20.9 Å². The van der Waals surface area contributed by atoms with Crippen LogP contribution in [0.25, 0.3) is 22.4 Å². The number of aromatic amines is 1. The highest BCUT2D eigenvalue weighted by Crippen LogP contribution is 2.26. The van der Waals surface area contributed by atoms with Crippen molar-refractivity contribution < 1.29 is 4.79 Å². The van der Waals surface area contributed by atoms with Crippen molar-refractivity contribution in [1.82, 2.24) is 35.1 Å². The Morgan fingerprint density at radius 3 is 2.79 bits per heavy atom. The molecule has 166 valence electrons. The minimum absolute atomic E-state index is 0.0631. The molecule has 4 aromatic rings. The van der Waals surface area contributed by atoms with Gasteiger partial charge in [-0.1, -0.05) is 12.1 Å². The summed E-state index contributed by atoms with van der Waals surface area (Å²) in [7, 11) is 0. The lowest BCUT2D eigenvalue weighted by atomic mass is 9.97. The zero-order valence-corrected chi connectivity index (χ0v) is 17.7. The Labute approximate surface area is 188 Å². The van der Waals surface area contributed by atoms with Crippen molar-refractivity contribution in [2.24, 2.45) is 0 Å². The Morgan fingerprint density at radius 1 is 1.09 bits per heavy atom. The molecule has 4 heterocycles. The molecule has 1 saturated heterocycles. The lowest BCUT2D eigenvalue weighted by Crippen LogP contribution is -2.50. The predicted octanol–water partition coefficient (Wildman–Crippen LogP) is 1.07. The van der Waals surface area contributed by atoms with Gasteiger partial charge in [-0.05, 0) is 36.2 Å². The van der Waals surface area contributed by atoms with E-state index in [1.165, 1.54) is 6.33 Å². The minimum atomic E-state index is -0.481. The Kier molecular flexibility index (Phi) is 5.49. The lowest BCUT2D eigenvalue weighted by Gasteiger charge is -2.35. The molecule has 4 N–H and O–H groups in total. The number of rotatable bonds is 5. The number of amides is 1. The van der Waals surface area contributed by atoms with Gasteiger partial charge in [-0.15, -0.1) is 0 Å². The molecule has 0 radical (unpaired) electrons. The summed E-state index contributed by atoms with van der Waals surface area (Å²) in [5, 5.41) is 3.84. The minimum Gasteiger partial charge on any atom is -0.383 e. The maximum atomic E-state index is 13.1. The molecule has 10 heteroatoms. The van der Waals surface area contributed by atoms with Crippen LogP contribution in [-0.4, -0.2) is 55.4 Å². The number of anilines is 1. The Hall–Kier alpha value is -4.18. The van der Waals surface area contributed by atoms with Gasteiger partial charge in [0.05, 0.1) is 23.7 Å². The number of benzene rings is 1. The maximum absolute atomic E-state index is 13.1. The molecule has 1 aliphatic heterocycles. The molecular formula is C23H22N8O2. The number of H-pyrrole nitrogens is 1. The summed E-state index contributed by atoms with van der Waals surface area (Å²) >= 11 is 0. The second kappa shape index (κ2) is 8.75. The number of nitrogen functional groups attached to an aromatic ring is 1. The third kappa shape index (κ3) is 4.15. The quantitative estimate of drug-likeness (QED) is 0.417. The fraction of sp³-hybridized carbons (Fsp3) is 0.217. The number of hydrogen-bond donors (Lipinski definition) is 3. The van der Waals surface area contributed by atoms with Gasteiger partial charge in [0.25, 0.3) is 5.56 Å². The Bertz CT molecular complexity index is 1370. The highest BCUT2D eigenvalue weighted by Gasteiger charge is 2.30. The van der Waals surface area contributed by atoms with E-state index in [0.717, 1.165) is 10.9 Å². The molecule has 10 nitrogen and oxygen atoms in total. The zero-order chi connectivity index (χ0) is 22.8. The summed E-state index contributed by atoms with van der Waals surface area (Å²) in [4.78, 5) is 47.5. The zero-order valence-electron chi connectivity index (χ0n) is 17.7. The normalized spacial score (nSPS) is 15.0. The van der Waals surface area contributed by atoms with Gasteiger partial charge in [0, 0.05) is 30.9 Å². The topological polar surface area (TPSA) is 143 Å². The van der Waals surface area contributed by atoms with Gasteiger partial charge >= 0.3 is 0 Å². The SMILES string of the molecule is Nc1ncnc2cc(CC(c3cnc(-c4ccccn4)[nH]c3=O)N3CCNCC3=O)ccc12. The van der Waals surface area contributed by atoms with Crippen LogP contribution in [0.1, 0.15) is 17.2 Å². The number of aromatic nitrogens is 5. The molecule has 0 saturated carbocycles. The fourth-order valence-electron chi connectivity index (χ4n) is 4.09. The molecular weight excluding hydrogens is 420 g/mol. The van der Waals surface area contributed by atoms with Crippen LogP contribution in [-0.2, 0) is 11.2 Å². The van der Waals surface area contributed by atoms with Crippen molar-refractivity contribution in [2.45, 2.75) is 12.5 Å². The van der Waals surface area contributed by atoms with E-state index in [9.17, 15) is 9.59 Å². The predicted molar refractivity (Wildman–Crippen MR) is 123 cm³/mol. The summed E-state index contributed by atoms with van der Waals surface area (Å²) in [6.45, 7) is 1.38. The second-order valence-electron chi connectivity index (χ2n) is 7.83. The third-order valence-electron chi connectivity index (χ3n) is 5.76. The number of nitrogens with two attached hydrogens (primary N) is 1. The van der Waals surface area contributed by atoms with E-state index in [4.69, 9.17) is 5.73 Å². The van der Waals surface area contributed by atoms with Crippen LogP contribution in [0.5, 0.6) is 0 Å². The van der Waals surface area contributed by atoms with Crippen molar-refractivity contribution in [1.29, 1.82) is 0 Å². The maximum Gasteiger partial charge on any atom is 0.256 e. The van der Waals surface area contributed by atoms with E-state index in [0.29, 0.717) is 47.9 Å². The highest BCUT2D eigenvalue weighted by molar-refractivity contribution is 5.88. The van der Waals surface area contributed by atoms with Gasteiger partial charge in [-0.2, -0.15) is 0 Å². The van der Waals surface area contributed by atoms with Crippen molar-refractivity contribution in [3.8, 4) is 11.5 Å². The first kappa shape index (κ1) is 20.7. The number of fused-ring (bicyclic) bond motifs is 1. The number of nitrogens with one attached hydrogen (secondary N) is 2. The summed E-state index contributed by atoms with van der Waals surface area (Å²) in [5.41, 5.74) is 8.28. The largest absolute Gasteiger partial charge is 0.383 e. The molecule has 0 bridgehead atoms. The average molecular weight is 442 g/mol. The second-order valence-corrected chi connectivity index (χ2v) is 7.83. The molecule has 1 unspecified atom stereocenters.